The van der Waals surface area contributed by atoms with E-state index in [0.29, 0.717) is 13.2 Å². The Labute approximate surface area is 136 Å². The molecule has 2 aromatic rings. The van der Waals surface area contributed by atoms with Crippen molar-refractivity contribution in [2.75, 3.05) is 29.5 Å². The average molecular weight is 308 g/mol. The molecule has 0 aromatic heterocycles. The molecule has 0 aliphatic carbocycles. The van der Waals surface area contributed by atoms with Crippen molar-refractivity contribution in [1.29, 1.82) is 0 Å². The summed E-state index contributed by atoms with van der Waals surface area (Å²) in [5.74, 6) is 1.01. The number of nitrogens with zero attached hydrogens (tertiary/aromatic N) is 2. The first kappa shape index (κ1) is 14.1. The van der Waals surface area contributed by atoms with Gasteiger partial charge in [0.2, 0.25) is 5.91 Å². The maximum atomic E-state index is 12.9. The van der Waals surface area contributed by atoms with E-state index < -0.39 is 0 Å². The van der Waals surface area contributed by atoms with E-state index in [0.717, 1.165) is 30.1 Å². The molecule has 0 bridgehead atoms. The minimum absolute atomic E-state index is 0.151. The summed E-state index contributed by atoms with van der Waals surface area (Å²) in [5.41, 5.74) is 3.33. The van der Waals surface area contributed by atoms with Gasteiger partial charge in [0, 0.05) is 12.2 Å². The third-order valence-corrected chi connectivity index (χ3v) is 4.68. The molecule has 23 heavy (non-hydrogen) atoms. The molecule has 1 amide bonds. The first-order valence-corrected chi connectivity index (χ1v) is 8.11. The van der Waals surface area contributed by atoms with Crippen molar-refractivity contribution in [3.05, 3.63) is 54.1 Å². The van der Waals surface area contributed by atoms with Crippen LogP contribution in [0, 0.1) is 0 Å². The van der Waals surface area contributed by atoms with Gasteiger partial charge in [-0.25, -0.2) is 0 Å². The molecule has 4 rings (SSSR count). The van der Waals surface area contributed by atoms with Crippen LogP contribution >= 0.6 is 0 Å². The second-order valence-electron chi connectivity index (χ2n) is 6.18. The summed E-state index contributed by atoms with van der Waals surface area (Å²) < 4.78 is 5.76. The van der Waals surface area contributed by atoms with Crippen molar-refractivity contribution in [3.8, 4) is 5.75 Å². The highest BCUT2D eigenvalue weighted by Gasteiger charge is 2.30. The van der Waals surface area contributed by atoms with Crippen molar-refractivity contribution >= 4 is 17.3 Å². The summed E-state index contributed by atoms with van der Waals surface area (Å²) >= 11 is 0. The number of carbonyl (C=O) groups excluding carboxylic acids is 1. The molecule has 2 aliphatic rings. The van der Waals surface area contributed by atoms with Gasteiger partial charge in [0.1, 0.15) is 12.4 Å². The number of fused-ring (bicyclic) bond motifs is 2. The van der Waals surface area contributed by atoms with Gasteiger partial charge >= 0.3 is 0 Å². The van der Waals surface area contributed by atoms with Gasteiger partial charge in [-0.15, -0.1) is 0 Å². The number of benzene rings is 2. The molecule has 0 spiro atoms. The van der Waals surface area contributed by atoms with Crippen LogP contribution in [0.3, 0.4) is 0 Å². The van der Waals surface area contributed by atoms with E-state index in [4.69, 9.17) is 4.74 Å². The number of hydrogen-bond acceptors (Lipinski definition) is 3. The standard InChI is InChI=1S/C19H20N2O2/c1-14-13-23-18-9-5-4-8-17(18)21(14)12-19(22)20-11-10-15-6-2-3-7-16(15)20/h2-9,14H,10-13H2,1H3. The average Bonchev–Trinajstić information content (AvgIpc) is 3.01. The maximum absolute atomic E-state index is 12.9. The molecule has 0 radical (unpaired) electrons. The zero-order valence-corrected chi connectivity index (χ0v) is 13.2. The molecule has 0 fully saturated rings. The Morgan fingerprint density at radius 3 is 2.74 bits per heavy atom. The van der Waals surface area contributed by atoms with Crippen LogP contribution in [0.4, 0.5) is 11.4 Å². The van der Waals surface area contributed by atoms with E-state index in [9.17, 15) is 4.79 Å². The van der Waals surface area contributed by atoms with Crippen molar-refractivity contribution in [2.24, 2.45) is 0 Å². The number of para-hydroxylation sites is 3. The van der Waals surface area contributed by atoms with E-state index in [1.54, 1.807) is 0 Å². The monoisotopic (exact) mass is 308 g/mol. The third-order valence-electron chi connectivity index (χ3n) is 4.68. The largest absolute Gasteiger partial charge is 0.489 e. The Kier molecular flexibility index (Phi) is 3.45. The van der Waals surface area contributed by atoms with Gasteiger partial charge in [0.25, 0.3) is 0 Å². The molecule has 0 N–H and O–H groups in total. The Bertz CT molecular complexity index is 744. The van der Waals surface area contributed by atoms with Gasteiger partial charge < -0.3 is 14.5 Å². The fraction of sp³-hybridized carbons (Fsp3) is 0.316. The number of rotatable bonds is 2. The van der Waals surface area contributed by atoms with Gasteiger partial charge in [-0.1, -0.05) is 30.3 Å². The zero-order valence-electron chi connectivity index (χ0n) is 13.2. The van der Waals surface area contributed by atoms with E-state index in [2.05, 4.69) is 17.9 Å². The summed E-state index contributed by atoms with van der Waals surface area (Å²) in [5, 5.41) is 0. The molecular weight excluding hydrogens is 288 g/mol. The molecule has 2 aromatic carbocycles. The molecule has 118 valence electrons. The SMILES string of the molecule is CC1COc2ccccc2N1CC(=O)N1CCc2ccccc21. The highest BCUT2D eigenvalue weighted by molar-refractivity contribution is 5.98. The van der Waals surface area contributed by atoms with Crippen molar-refractivity contribution < 1.29 is 9.53 Å². The lowest BCUT2D eigenvalue weighted by molar-refractivity contribution is -0.117. The predicted molar refractivity (Wildman–Crippen MR) is 91.2 cm³/mol. The van der Waals surface area contributed by atoms with Gasteiger partial charge in [0.05, 0.1) is 18.3 Å². The number of carbonyl (C=O) groups is 1. The molecular formula is C19H20N2O2. The molecule has 2 heterocycles. The zero-order chi connectivity index (χ0) is 15.8. The summed E-state index contributed by atoms with van der Waals surface area (Å²) in [6, 6.07) is 16.3. The number of ether oxygens (including phenoxy) is 1. The third kappa shape index (κ3) is 2.44. The van der Waals surface area contributed by atoms with Crippen LogP contribution in [0.1, 0.15) is 12.5 Å². The minimum atomic E-state index is 0.151. The van der Waals surface area contributed by atoms with Crippen LogP contribution in [-0.4, -0.2) is 31.6 Å². The highest BCUT2D eigenvalue weighted by atomic mass is 16.5. The van der Waals surface area contributed by atoms with Crippen molar-refractivity contribution in [2.45, 2.75) is 19.4 Å². The number of anilines is 2. The predicted octanol–water partition coefficient (Wildman–Crippen LogP) is 2.86. The first-order chi connectivity index (χ1) is 11.2. The summed E-state index contributed by atoms with van der Waals surface area (Å²) in [4.78, 5) is 16.9. The molecule has 0 saturated heterocycles. The number of hydrogen-bond donors (Lipinski definition) is 0. The van der Waals surface area contributed by atoms with Gasteiger partial charge in [-0.3, -0.25) is 4.79 Å². The van der Waals surface area contributed by atoms with Gasteiger partial charge in [0.15, 0.2) is 0 Å². The molecule has 4 nitrogen and oxygen atoms in total. The smallest absolute Gasteiger partial charge is 0.246 e. The Morgan fingerprint density at radius 1 is 1.13 bits per heavy atom. The quantitative estimate of drug-likeness (QED) is 0.855. The second kappa shape index (κ2) is 5.61. The fourth-order valence-electron chi connectivity index (χ4n) is 3.42. The first-order valence-electron chi connectivity index (χ1n) is 8.11. The van der Waals surface area contributed by atoms with Crippen LogP contribution < -0.4 is 14.5 Å². The topological polar surface area (TPSA) is 32.8 Å². The van der Waals surface area contributed by atoms with E-state index >= 15 is 0 Å². The maximum Gasteiger partial charge on any atom is 0.246 e. The van der Waals surface area contributed by atoms with Crippen LogP contribution in [-0.2, 0) is 11.2 Å². The van der Waals surface area contributed by atoms with Crippen LogP contribution in [0.15, 0.2) is 48.5 Å². The van der Waals surface area contributed by atoms with Crippen LogP contribution in [0.5, 0.6) is 5.75 Å². The minimum Gasteiger partial charge on any atom is -0.489 e. The summed E-state index contributed by atoms with van der Waals surface area (Å²) in [7, 11) is 0. The molecule has 2 aliphatic heterocycles. The van der Waals surface area contributed by atoms with Crippen molar-refractivity contribution in [3.63, 3.8) is 0 Å². The van der Waals surface area contributed by atoms with E-state index in [1.807, 2.05) is 47.4 Å². The van der Waals surface area contributed by atoms with Crippen LogP contribution in [0.2, 0.25) is 0 Å². The molecule has 4 heteroatoms. The lowest BCUT2D eigenvalue weighted by atomic mass is 10.1. The van der Waals surface area contributed by atoms with Gasteiger partial charge in [-0.05, 0) is 37.1 Å². The van der Waals surface area contributed by atoms with E-state index in [-0.39, 0.29) is 11.9 Å². The fourth-order valence-corrected chi connectivity index (χ4v) is 3.42. The molecule has 0 saturated carbocycles. The Morgan fingerprint density at radius 2 is 1.87 bits per heavy atom. The molecule has 1 atom stereocenters. The highest BCUT2D eigenvalue weighted by Crippen LogP contribution is 2.34. The van der Waals surface area contributed by atoms with E-state index in [1.165, 1.54) is 5.56 Å². The normalized spacial score (nSPS) is 19.1. The second-order valence-corrected chi connectivity index (χ2v) is 6.18. The van der Waals surface area contributed by atoms with Crippen molar-refractivity contribution in [1.82, 2.24) is 0 Å². The lowest BCUT2D eigenvalue weighted by Crippen LogP contribution is -2.47. The summed E-state index contributed by atoms with van der Waals surface area (Å²) in [6.45, 7) is 3.87. The molecule has 1 unspecified atom stereocenters. The van der Waals surface area contributed by atoms with Crippen LogP contribution in [0.25, 0.3) is 0 Å². The van der Waals surface area contributed by atoms with Gasteiger partial charge in [-0.2, -0.15) is 0 Å². The Balaban J connectivity index is 1.58. The Hall–Kier alpha value is -2.49. The lowest BCUT2D eigenvalue weighted by Gasteiger charge is -2.37. The summed E-state index contributed by atoms with van der Waals surface area (Å²) in [6.07, 6.45) is 0.942. The number of amides is 1.